The molecular formula is C18H21NO7Si. The predicted octanol–water partition coefficient (Wildman–Crippen LogP) is 1.93. The van der Waals surface area contributed by atoms with Gasteiger partial charge in [-0.1, -0.05) is 30.7 Å². The highest BCUT2D eigenvalue weighted by Crippen LogP contribution is 2.51. The van der Waals surface area contributed by atoms with Gasteiger partial charge < -0.3 is 23.8 Å². The fraction of sp³-hybridized carbons (Fsp3) is 0.500. The van der Waals surface area contributed by atoms with Crippen LogP contribution >= 0.6 is 0 Å². The van der Waals surface area contributed by atoms with Gasteiger partial charge in [-0.15, -0.1) is 5.54 Å². The van der Waals surface area contributed by atoms with E-state index in [0.717, 1.165) is 6.08 Å². The highest BCUT2D eigenvalue weighted by atomic mass is 28.3. The molecule has 0 saturated carbocycles. The lowest BCUT2D eigenvalue weighted by Crippen LogP contribution is -2.48. The van der Waals surface area contributed by atoms with Crippen LogP contribution in [0.5, 0.6) is 0 Å². The van der Waals surface area contributed by atoms with Crippen LogP contribution in [0.25, 0.3) is 5.57 Å². The summed E-state index contributed by atoms with van der Waals surface area (Å²) < 4.78 is 22.4. The van der Waals surface area contributed by atoms with Gasteiger partial charge in [0, 0.05) is 18.6 Å². The first-order valence-electron chi connectivity index (χ1n) is 8.49. The van der Waals surface area contributed by atoms with Crippen molar-refractivity contribution in [2.24, 2.45) is 0 Å². The second kappa shape index (κ2) is 6.63. The zero-order chi connectivity index (χ0) is 19.9. The molecule has 1 fully saturated rings. The van der Waals surface area contributed by atoms with Gasteiger partial charge in [-0.05, 0) is 0 Å². The van der Waals surface area contributed by atoms with Gasteiger partial charge in [-0.2, -0.15) is 0 Å². The molecule has 1 aromatic rings. The van der Waals surface area contributed by atoms with Crippen LogP contribution in [0.2, 0.25) is 19.6 Å². The van der Waals surface area contributed by atoms with E-state index in [-0.39, 0.29) is 12.0 Å². The summed E-state index contributed by atoms with van der Waals surface area (Å²) in [6.45, 7) is 8.00. The molecule has 1 aromatic heterocycles. The number of hydrogen-bond donors (Lipinski definition) is 1. The molecule has 8 nitrogen and oxygen atoms in total. The van der Waals surface area contributed by atoms with E-state index in [1.165, 1.54) is 13.2 Å². The lowest BCUT2D eigenvalue weighted by molar-refractivity contribution is -0.202. The Morgan fingerprint density at radius 3 is 2.56 bits per heavy atom. The summed E-state index contributed by atoms with van der Waals surface area (Å²) in [5.41, 5.74) is 2.50. The van der Waals surface area contributed by atoms with Crippen molar-refractivity contribution in [2.75, 3.05) is 13.2 Å². The molecule has 1 N–H and O–H groups in total. The van der Waals surface area contributed by atoms with Gasteiger partial charge >= 0.3 is 11.9 Å². The number of aromatic nitrogens is 1. The summed E-state index contributed by atoms with van der Waals surface area (Å²) in [6, 6.07) is 0. The maximum atomic E-state index is 12.0. The number of carboxylic acids is 1. The van der Waals surface area contributed by atoms with Gasteiger partial charge in [-0.3, -0.25) is 4.79 Å². The smallest absolute Gasteiger partial charge is 0.328 e. The second-order valence-corrected chi connectivity index (χ2v) is 12.3. The number of carbonyl (C=O) groups is 2. The first-order valence-corrected chi connectivity index (χ1v) is 12.0. The highest BCUT2D eigenvalue weighted by molar-refractivity contribution is 6.83. The summed E-state index contributed by atoms with van der Waals surface area (Å²) in [4.78, 5) is 23.5. The van der Waals surface area contributed by atoms with Gasteiger partial charge in [0.2, 0.25) is 11.4 Å². The van der Waals surface area contributed by atoms with E-state index in [1.807, 2.05) is 19.6 Å². The van der Waals surface area contributed by atoms with E-state index in [2.05, 4.69) is 16.6 Å². The zero-order valence-corrected chi connectivity index (χ0v) is 16.6. The number of aliphatic carboxylic acids is 1. The minimum atomic E-state index is -1.88. The molecule has 144 valence electrons. The molecule has 1 saturated heterocycles. The summed E-state index contributed by atoms with van der Waals surface area (Å²) in [5.74, 6) is -0.0470. The molecule has 1 atom stereocenters. The van der Waals surface area contributed by atoms with E-state index in [9.17, 15) is 14.7 Å². The van der Waals surface area contributed by atoms with Crippen molar-refractivity contribution in [3.05, 3.63) is 23.6 Å². The molecule has 2 heterocycles. The molecule has 0 bridgehead atoms. The van der Waals surface area contributed by atoms with E-state index in [1.54, 1.807) is 0 Å². The van der Waals surface area contributed by atoms with Crippen LogP contribution in [0.4, 0.5) is 0 Å². The van der Waals surface area contributed by atoms with Gasteiger partial charge in [0.1, 0.15) is 14.3 Å². The maximum Gasteiger partial charge on any atom is 0.328 e. The SMILES string of the molecule is CC(=O)O[C@]1(C#C[Si](C)(C)C)CC2(OCCO2)c2nocc2/C1=C\C(=O)O. The molecule has 3 rings (SSSR count). The number of fused-ring (bicyclic) bond motifs is 2. The quantitative estimate of drug-likeness (QED) is 0.353. The number of rotatable bonds is 2. The van der Waals surface area contributed by atoms with Crippen molar-refractivity contribution in [2.45, 2.75) is 44.4 Å². The van der Waals surface area contributed by atoms with Gasteiger partial charge in [0.05, 0.1) is 25.2 Å². The number of nitrogens with zero attached hydrogens (tertiary/aromatic N) is 1. The normalized spacial score (nSPS) is 25.0. The van der Waals surface area contributed by atoms with E-state index >= 15 is 0 Å². The van der Waals surface area contributed by atoms with Crippen molar-refractivity contribution in [1.29, 1.82) is 0 Å². The number of carboxylic acid groups (broad SMARTS) is 1. The van der Waals surface area contributed by atoms with Crippen LogP contribution in [0.15, 0.2) is 16.9 Å². The van der Waals surface area contributed by atoms with Gasteiger partial charge in [0.15, 0.2) is 5.69 Å². The first-order chi connectivity index (χ1) is 12.6. The highest BCUT2D eigenvalue weighted by Gasteiger charge is 2.58. The first kappa shape index (κ1) is 19.4. The van der Waals surface area contributed by atoms with Crippen LogP contribution in [0.3, 0.4) is 0 Å². The molecule has 0 radical (unpaired) electrons. The Balaban J connectivity index is 2.29. The fourth-order valence-electron chi connectivity index (χ4n) is 3.20. The molecule has 2 aliphatic rings. The second-order valence-electron chi connectivity index (χ2n) is 7.52. The zero-order valence-electron chi connectivity index (χ0n) is 15.6. The lowest BCUT2D eigenvalue weighted by Gasteiger charge is -2.41. The van der Waals surface area contributed by atoms with Crippen LogP contribution < -0.4 is 0 Å². The average Bonchev–Trinajstić information content (AvgIpc) is 3.18. The maximum absolute atomic E-state index is 12.0. The summed E-state index contributed by atoms with van der Waals surface area (Å²) in [5, 5.41) is 13.4. The standard InChI is InChI=1S/C18H21NO7Si/c1-12(20)26-17(5-8-27(2,3)4)11-18(23-6-7-24-18)16-13(10-25-19-16)14(17)9-15(21)22/h9-10H,6-7,11H2,1-4H3,(H,21,22)/b14-9+/t17-/m1/s1. The molecular weight excluding hydrogens is 370 g/mol. The minimum absolute atomic E-state index is 0.0320. The number of ether oxygens (including phenoxy) is 3. The third kappa shape index (κ3) is 3.69. The minimum Gasteiger partial charge on any atom is -0.478 e. The monoisotopic (exact) mass is 391 g/mol. The molecule has 1 spiro atoms. The van der Waals surface area contributed by atoms with E-state index in [0.29, 0.717) is 24.5 Å². The Kier molecular flexibility index (Phi) is 4.76. The molecule has 0 amide bonds. The van der Waals surface area contributed by atoms with E-state index in [4.69, 9.17) is 18.7 Å². The van der Waals surface area contributed by atoms with Crippen LogP contribution in [-0.2, 0) is 29.6 Å². The summed E-state index contributed by atoms with van der Waals surface area (Å²) in [7, 11) is -1.88. The third-order valence-electron chi connectivity index (χ3n) is 4.12. The predicted molar refractivity (Wildman–Crippen MR) is 95.9 cm³/mol. The lowest BCUT2D eigenvalue weighted by atomic mass is 9.75. The fourth-order valence-corrected chi connectivity index (χ4v) is 3.78. The Bertz CT molecular complexity index is 864. The summed E-state index contributed by atoms with van der Waals surface area (Å²) in [6.07, 6.45) is 2.24. The Hall–Kier alpha value is -2.41. The average molecular weight is 391 g/mol. The van der Waals surface area contributed by atoms with Crippen molar-refractivity contribution >= 4 is 25.6 Å². The number of hydrogen-bond acceptors (Lipinski definition) is 7. The summed E-state index contributed by atoms with van der Waals surface area (Å²) >= 11 is 0. The van der Waals surface area contributed by atoms with Gasteiger partial charge in [-0.25, -0.2) is 4.79 Å². The number of esters is 1. The van der Waals surface area contributed by atoms with Crippen molar-refractivity contribution < 1.29 is 33.4 Å². The Morgan fingerprint density at radius 2 is 2.00 bits per heavy atom. The van der Waals surface area contributed by atoms with Crippen molar-refractivity contribution in [3.63, 3.8) is 0 Å². The topological polar surface area (TPSA) is 108 Å². The van der Waals surface area contributed by atoms with Crippen LogP contribution in [0.1, 0.15) is 24.6 Å². The molecule has 0 unspecified atom stereocenters. The Labute approximate surface area is 157 Å². The van der Waals surface area contributed by atoms with Crippen LogP contribution in [0, 0.1) is 11.5 Å². The Morgan fingerprint density at radius 1 is 1.33 bits per heavy atom. The molecule has 1 aliphatic carbocycles. The molecule has 1 aliphatic heterocycles. The van der Waals surface area contributed by atoms with E-state index < -0.39 is 31.4 Å². The molecule has 9 heteroatoms. The van der Waals surface area contributed by atoms with Crippen molar-refractivity contribution in [3.8, 4) is 11.5 Å². The largest absolute Gasteiger partial charge is 0.478 e. The third-order valence-corrected chi connectivity index (χ3v) is 4.99. The van der Waals surface area contributed by atoms with Gasteiger partial charge in [0.25, 0.3) is 0 Å². The van der Waals surface area contributed by atoms with Crippen LogP contribution in [-0.4, -0.2) is 49.1 Å². The van der Waals surface area contributed by atoms with Crippen molar-refractivity contribution in [1.82, 2.24) is 5.16 Å². The molecule has 27 heavy (non-hydrogen) atoms. The number of carbonyl (C=O) groups excluding carboxylic acids is 1. The molecule has 0 aromatic carbocycles.